The Bertz CT molecular complexity index is 264. The molecular formula is C8H10O4. The molecule has 0 unspecified atom stereocenters. The second-order valence-corrected chi connectivity index (χ2v) is 2.04. The van der Waals surface area contributed by atoms with Crippen LogP contribution in [-0.4, -0.2) is 19.7 Å². The first-order chi connectivity index (χ1) is 5.79. The molecule has 4 nitrogen and oxygen atoms in total. The van der Waals surface area contributed by atoms with Crippen molar-refractivity contribution in [3.8, 4) is 5.75 Å². The topological polar surface area (TPSA) is 48.7 Å². The first kappa shape index (κ1) is 8.64. The summed E-state index contributed by atoms with van der Waals surface area (Å²) in [6.45, 7) is 2.05. The van der Waals surface area contributed by atoms with E-state index in [1.54, 1.807) is 13.0 Å². The fourth-order valence-corrected chi connectivity index (χ4v) is 0.804. The standard InChI is InChI=1S/C8H10O4/c1-3-11-8(9)7-6(10-2)4-5-12-7/h4-5H,3H2,1-2H3. The van der Waals surface area contributed by atoms with E-state index in [0.29, 0.717) is 12.4 Å². The summed E-state index contributed by atoms with van der Waals surface area (Å²) in [7, 11) is 1.47. The molecule has 4 heteroatoms. The molecule has 0 aliphatic rings. The Hall–Kier alpha value is -1.45. The molecule has 0 amide bonds. The van der Waals surface area contributed by atoms with Crippen LogP contribution < -0.4 is 4.74 Å². The molecule has 1 heterocycles. The third-order valence-electron chi connectivity index (χ3n) is 1.31. The fourth-order valence-electron chi connectivity index (χ4n) is 0.804. The van der Waals surface area contributed by atoms with Gasteiger partial charge in [0.1, 0.15) is 0 Å². The molecule has 0 fully saturated rings. The van der Waals surface area contributed by atoms with Gasteiger partial charge in [0.05, 0.1) is 20.0 Å². The minimum atomic E-state index is -0.501. The van der Waals surface area contributed by atoms with E-state index in [0.717, 1.165) is 0 Å². The number of esters is 1. The molecule has 0 spiro atoms. The van der Waals surface area contributed by atoms with E-state index in [1.807, 2.05) is 0 Å². The lowest BCUT2D eigenvalue weighted by molar-refractivity contribution is 0.0485. The van der Waals surface area contributed by atoms with Crippen LogP contribution in [0.2, 0.25) is 0 Å². The summed E-state index contributed by atoms with van der Waals surface area (Å²) in [5.41, 5.74) is 0. The zero-order valence-electron chi connectivity index (χ0n) is 6.99. The monoisotopic (exact) mass is 170 g/mol. The Morgan fingerprint density at radius 2 is 2.42 bits per heavy atom. The molecule has 1 aromatic rings. The van der Waals surface area contributed by atoms with Crippen molar-refractivity contribution < 1.29 is 18.7 Å². The van der Waals surface area contributed by atoms with Crippen LogP contribution >= 0.6 is 0 Å². The van der Waals surface area contributed by atoms with Crippen molar-refractivity contribution in [1.29, 1.82) is 0 Å². The average molecular weight is 170 g/mol. The third kappa shape index (κ3) is 1.58. The first-order valence-corrected chi connectivity index (χ1v) is 3.58. The maximum Gasteiger partial charge on any atom is 0.378 e. The molecule has 0 aliphatic carbocycles. The SMILES string of the molecule is CCOC(=O)c1occc1OC. The highest BCUT2D eigenvalue weighted by atomic mass is 16.5. The summed E-state index contributed by atoms with van der Waals surface area (Å²) in [5, 5.41) is 0. The predicted molar refractivity (Wildman–Crippen MR) is 41.2 cm³/mol. The number of carbonyl (C=O) groups is 1. The number of hydrogen-bond acceptors (Lipinski definition) is 4. The maximum atomic E-state index is 11.1. The minimum Gasteiger partial charge on any atom is -0.492 e. The molecule has 1 aromatic heterocycles. The van der Waals surface area contributed by atoms with Gasteiger partial charge in [-0.1, -0.05) is 0 Å². The normalized spacial score (nSPS) is 9.50. The second kappa shape index (κ2) is 3.80. The van der Waals surface area contributed by atoms with Gasteiger partial charge >= 0.3 is 5.97 Å². The van der Waals surface area contributed by atoms with Crippen LogP contribution in [-0.2, 0) is 4.74 Å². The Morgan fingerprint density at radius 3 is 3.00 bits per heavy atom. The Kier molecular flexibility index (Phi) is 2.74. The van der Waals surface area contributed by atoms with E-state index < -0.39 is 5.97 Å². The molecule has 0 N–H and O–H groups in total. The highest BCUT2D eigenvalue weighted by molar-refractivity contribution is 5.89. The molecular weight excluding hydrogens is 160 g/mol. The van der Waals surface area contributed by atoms with Gasteiger partial charge in [0.25, 0.3) is 5.76 Å². The molecule has 12 heavy (non-hydrogen) atoms. The van der Waals surface area contributed by atoms with Crippen LogP contribution in [0.25, 0.3) is 0 Å². The molecule has 0 radical (unpaired) electrons. The van der Waals surface area contributed by atoms with E-state index in [-0.39, 0.29) is 5.76 Å². The van der Waals surface area contributed by atoms with Crippen molar-refractivity contribution in [2.45, 2.75) is 6.92 Å². The van der Waals surface area contributed by atoms with Gasteiger partial charge in [0, 0.05) is 6.07 Å². The van der Waals surface area contributed by atoms with Gasteiger partial charge in [-0.05, 0) is 6.92 Å². The summed E-state index contributed by atoms with van der Waals surface area (Å²) in [5.74, 6) is 0.00662. The number of carbonyl (C=O) groups excluding carboxylic acids is 1. The Balaban J connectivity index is 2.79. The molecule has 0 aliphatic heterocycles. The van der Waals surface area contributed by atoms with Gasteiger partial charge in [-0.3, -0.25) is 0 Å². The number of furan rings is 1. The lowest BCUT2D eigenvalue weighted by Gasteiger charge is -1.99. The summed E-state index contributed by atoms with van der Waals surface area (Å²) < 4.78 is 14.4. The van der Waals surface area contributed by atoms with Crippen LogP contribution in [0.4, 0.5) is 0 Å². The number of ether oxygens (including phenoxy) is 2. The van der Waals surface area contributed by atoms with E-state index in [1.165, 1.54) is 13.4 Å². The van der Waals surface area contributed by atoms with Crippen molar-refractivity contribution in [3.63, 3.8) is 0 Å². The molecule has 1 rings (SSSR count). The van der Waals surface area contributed by atoms with Crippen molar-refractivity contribution in [2.24, 2.45) is 0 Å². The average Bonchev–Trinajstić information content (AvgIpc) is 2.51. The maximum absolute atomic E-state index is 11.1. The Labute approximate surface area is 70.1 Å². The number of methoxy groups -OCH3 is 1. The molecule has 66 valence electrons. The molecule has 0 aromatic carbocycles. The zero-order chi connectivity index (χ0) is 8.97. The highest BCUT2D eigenvalue weighted by Gasteiger charge is 2.16. The summed E-state index contributed by atoms with van der Waals surface area (Å²) in [6.07, 6.45) is 1.38. The lowest BCUT2D eigenvalue weighted by Crippen LogP contribution is -2.04. The van der Waals surface area contributed by atoms with Gasteiger partial charge < -0.3 is 13.9 Å². The summed E-state index contributed by atoms with van der Waals surface area (Å²) in [4.78, 5) is 11.1. The van der Waals surface area contributed by atoms with Gasteiger partial charge in [0.15, 0.2) is 5.75 Å². The lowest BCUT2D eigenvalue weighted by atomic mass is 10.4. The van der Waals surface area contributed by atoms with E-state index >= 15 is 0 Å². The van der Waals surface area contributed by atoms with Crippen molar-refractivity contribution in [3.05, 3.63) is 18.1 Å². The van der Waals surface area contributed by atoms with Crippen LogP contribution in [0.5, 0.6) is 5.75 Å². The largest absolute Gasteiger partial charge is 0.492 e. The zero-order valence-corrected chi connectivity index (χ0v) is 6.99. The number of hydrogen-bond donors (Lipinski definition) is 0. The summed E-state index contributed by atoms with van der Waals surface area (Å²) in [6, 6.07) is 1.56. The van der Waals surface area contributed by atoms with Crippen LogP contribution in [0.3, 0.4) is 0 Å². The smallest absolute Gasteiger partial charge is 0.378 e. The van der Waals surface area contributed by atoms with E-state index in [2.05, 4.69) is 0 Å². The van der Waals surface area contributed by atoms with Crippen molar-refractivity contribution >= 4 is 5.97 Å². The molecule has 0 bridgehead atoms. The molecule has 0 atom stereocenters. The minimum absolute atomic E-state index is 0.111. The summed E-state index contributed by atoms with van der Waals surface area (Å²) >= 11 is 0. The van der Waals surface area contributed by atoms with Crippen molar-refractivity contribution in [2.75, 3.05) is 13.7 Å². The second-order valence-electron chi connectivity index (χ2n) is 2.04. The first-order valence-electron chi connectivity index (χ1n) is 3.58. The van der Waals surface area contributed by atoms with Gasteiger partial charge in [-0.2, -0.15) is 0 Å². The van der Waals surface area contributed by atoms with E-state index in [4.69, 9.17) is 13.9 Å². The van der Waals surface area contributed by atoms with Crippen LogP contribution in [0, 0.1) is 0 Å². The Morgan fingerprint density at radius 1 is 1.67 bits per heavy atom. The molecule has 0 saturated carbocycles. The van der Waals surface area contributed by atoms with Crippen LogP contribution in [0.15, 0.2) is 16.7 Å². The van der Waals surface area contributed by atoms with Crippen molar-refractivity contribution in [1.82, 2.24) is 0 Å². The van der Waals surface area contributed by atoms with Gasteiger partial charge in [0.2, 0.25) is 0 Å². The fraction of sp³-hybridized carbons (Fsp3) is 0.375. The number of rotatable bonds is 3. The van der Waals surface area contributed by atoms with E-state index in [9.17, 15) is 4.79 Å². The van der Waals surface area contributed by atoms with Gasteiger partial charge in [-0.25, -0.2) is 4.79 Å². The van der Waals surface area contributed by atoms with Crippen LogP contribution in [0.1, 0.15) is 17.5 Å². The highest BCUT2D eigenvalue weighted by Crippen LogP contribution is 2.19. The predicted octanol–water partition coefficient (Wildman–Crippen LogP) is 1.46. The van der Waals surface area contributed by atoms with Gasteiger partial charge in [-0.15, -0.1) is 0 Å². The quantitative estimate of drug-likeness (QED) is 0.644. The molecule has 0 saturated heterocycles. The third-order valence-corrected chi connectivity index (χ3v) is 1.31.